The molecule has 1 aromatic carbocycles. The molecule has 0 aliphatic rings. The minimum Gasteiger partial charge on any atom is -0.439 e. The Bertz CT molecular complexity index is 714. The van der Waals surface area contributed by atoms with Crippen molar-refractivity contribution in [1.29, 1.82) is 0 Å². The van der Waals surface area contributed by atoms with Gasteiger partial charge in [0.25, 0.3) is 0 Å². The van der Waals surface area contributed by atoms with Crippen molar-refractivity contribution >= 4 is 11.2 Å². The van der Waals surface area contributed by atoms with Crippen molar-refractivity contribution in [2.75, 3.05) is 6.61 Å². The summed E-state index contributed by atoms with van der Waals surface area (Å²) in [6.07, 6.45) is 3.87. The van der Waals surface area contributed by atoms with Crippen LogP contribution in [0.5, 0.6) is 11.6 Å². The van der Waals surface area contributed by atoms with Crippen LogP contribution >= 0.6 is 0 Å². The summed E-state index contributed by atoms with van der Waals surface area (Å²) in [5.41, 5.74) is 2.36. The Morgan fingerprint density at radius 2 is 1.75 bits per heavy atom. The molecule has 5 nitrogen and oxygen atoms in total. The molecule has 20 heavy (non-hydrogen) atoms. The van der Waals surface area contributed by atoms with Gasteiger partial charge in [0.05, 0.1) is 0 Å². The molecule has 0 amide bonds. The fourth-order valence-electron chi connectivity index (χ4n) is 1.87. The highest BCUT2D eigenvalue weighted by molar-refractivity contribution is 5.69. The zero-order valence-electron chi connectivity index (χ0n) is 10.7. The molecule has 0 fully saturated rings. The monoisotopic (exact) mass is 267 g/mol. The van der Waals surface area contributed by atoms with Crippen molar-refractivity contribution in [2.45, 2.75) is 6.42 Å². The number of benzene rings is 1. The van der Waals surface area contributed by atoms with E-state index in [4.69, 9.17) is 9.84 Å². The number of aromatic nitrogens is 3. The second-order valence-electron chi connectivity index (χ2n) is 4.27. The van der Waals surface area contributed by atoms with Crippen molar-refractivity contribution in [2.24, 2.45) is 0 Å². The molecule has 0 saturated carbocycles. The highest BCUT2D eigenvalue weighted by atomic mass is 16.5. The lowest BCUT2D eigenvalue weighted by molar-refractivity contribution is 0.299. The van der Waals surface area contributed by atoms with Crippen LogP contribution in [0.3, 0.4) is 0 Å². The number of aliphatic hydroxyl groups is 1. The summed E-state index contributed by atoms with van der Waals surface area (Å²) in [4.78, 5) is 12.6. The maximum absolute atomic E-state index is 8.87. The number of ether oxygens (including phenoxy) is 1. The van der Waals surface area contributed by atoms with E-state index in [9.17, 15) is 0 Å². The Morgan fingerprint density at radius 1 is 0.950 bits per heavy atom. The largest absolute Gasteiger partial charge is 0.439 e. The molecule has 0 spiro atoms. The maximum atomic E-state index is 8.87. The first-order valence-corrected chi connectivity index (χ1v) is 6.30. The fourth-order valence-corrected chi connectivity index (χ4v) is 1.87. The number of hydrogen-bond donors (Lipinski definition) is 1. The van der Waals surface area contributed by atoms with E-state index in [1.165, 1.54) is 0 Å². The smallest absolute Gasteiger partial charge is 0.221 e. The Labute approximate surface area is 115 Å². The lowest BCUT2D eigenvalue weighted by Crippen LogP contribution is -1.93. The molecule has 0 radical (unpaired) electrons. The standard InChI is InChI=1S/C15H13N3O2/c19-10-7-11-1-3-12(4-2-11)20-14-6-5-13-15(18-14)17-9-8-16-13/h1-6,8-9,19H,7,10H2. The Hall–Kier alpha value is -2.53. The summed E-state index contributed by atoms with van der Waals surface area (Å²) in [7, 11) is 0. The van der Waals surface area contributed by atoms with Crippen LogP contribution in [0.2, 0.25) is 0 Å². The molecular formula is C15H13N3O2. The van der Waals surface area contributed by atoms with Crippen LogP contribution in [-0.4, -0.2) is 26.7 Å². The SMILES string of the molecule is OCCc1ccc(Oc2ccc3nccnc3n2)cc1. The summed E-state index contributed by atoms with van der Waals surface area (Å²) >= 11 is 0. The van der Waals surface area contributed by atoms with Gasteiger partial charge in [0, 0.05) is 25.1 Å². The fraction of sp³-hybridized carbons (Fsp3) is 0.133. The first kappa shape index (κ1) is 12.5. The minimum absolute atomic E-state index is 0.144. The van der Waals surface area contributed by atoms with Crippen molar-refractivity contribution in [1.82, 2.24) is 15.0 Å². The predicted molar refractivity (Wildman–Crippen MR) is 74.6 cm³/mol. The van der Waals surface area contributed by atoms with E-state index in [1.807, 2.05) is 30.3 Å². The van der Waals surface area contributed by atoms with Crippen LogP contribution in [0, 0.1) is 0 Å². The van der Waals surface area contributed by atoms with E-state index >= 15 is 0 Å². The number of fused-ring (bicyclic) bond motifs is 1. The quantitative estimate of drug-likeness (QED) is 0.785. The molecule has 1 N–H and O–H groups in total. The number of aliphatic hydroxyl groups excluding tert-OH is 1. The summed E-state index contributed by atoms with van der Waals surface area (Å²) in [5, 5.41) is 8.87. The average Bonchev–Trinajstić information content (AvgIpc) is 2.49. The van der Waals surface area contributed by atoms with Gasteiger partial charge >= 0.3 is 0 Å². The zero-order chi connectivity index (χ0) is 13.8. The van der Waals surface area contributed by atoms with E-state index < -0.39 is 0 Å². The molecule has 2 heterocycles. The topological polar surface area (TPSA) is 68.1 Å². The van der Waals surface area contributed by atoms with E-state index in [1.54, 1.807) is 18.5 Å². The Morgan fingerprint density at radius 3 is 2.55 bits per heavy atom. The first-order chi connectivity index (χ1) is 9.85. The molecule has 100 valence electrons. The van der Waals surface area contributed by atoms with Gasteiger partial charge in [0.1, 0.15) is 11.3 Å². The van der Waals surface area contributed by atoms with Gasteiger partial charge in [-0.15, -0.1) is 0 Å². The highest BCUT2D eigenvalue weighted by Crippen LogP contribution is 2.21. The summed E-state index contributed by atoms with van der Waals surface area (Å²) in [5.74, 6) is 1.18. The van der Waals surface area contributed by atoms with Gasteiger partial charge in [-0.25, -0.2) is 4.98 Å². The van der Waals surface area contributed by atoms with Crippen LogP contribution in [0.15, 0.2) is 48.8 Å². The van der Waals surface area contributed by atoms with Gasteiger partial charge in [0.15, 0.2) is 5.65 Å². The third kappa shape index (κ3) is 2.73. The van der Waals surface area contributed by atoms with Gasteiger partial charge in [-0.1, -0.05) is 12.1 Å². The van der Waals surface area contributed by atoms with Gasteiger partial charge in [0.2, 0.25) is 5.88 Å². The normalized spacial score (nSPS) is 10.7. The maximum Gasteiger partial charge on any atom is 0.221 e. The third-order valence-corrected chi connectivity index (χ3v) is 2.85. The highest BCUT2D eigenvalue weighted by Gasteiger charge is 2.02. The molecule has 0 bridgehead atoms. The van der Waals surface area contributed by atoms with Gasteiger partial charge in [-0.3, -0.25) is 4.98 Å². The second kappa shape index (κ2) is 5.63. The molecule has 0 atom stereocenters. The van der Waals surface area contributed by atoms with E-state index in [2.05, 4.69) is 15.0 Å². The molecule has 3 rings (SSSR count). The molecule has 0 saturated heterocycles. The molecule has 3 aromatic rings. The number of nitrogens with zero attached hydrogens (tertiary/aromatic N) is 3. The van der Waals surface area contributed by atoms with Crippen molar-refractivity contribution in [3.05, 3.63) is 54.4 Å². The van der Waals surface area contributed by atoms with Crippen molar-refractivity contribution in [3.63, 3.8) is 0 Å². The van der Waals surface area contributed by atoms with Crippen LogP contribution in [0.25, 0.3) is 11.2 Å². The number of rotatable bonds is 4. The summed E-state index contributed by atoms with van der Waals surface area (Å²) < 4.78 is 5.68. The Balaban J connectivity index is 1.81. The van der Waals surface area contributed by atoms with E-state index in [0.29, 0.717) is 23.7 Å². The van der Waals surface area contributed by atoms with Gasteiger partial charge in [-0.2, -0.15) is 4.98 Å². The summed E-state index contributed by atoms with van der Waals surface area (Å²) in [6.45, 7) is 0.144. The van der Waals surface area contributed by atoms with Crippen LogP contribution in [0.4, 0.5) is 0 Å². The number of pyridine rings is 1. The number of hydrogen-bond acceptors (Lipinski definition) is 5. The van der Waals surface area contributed by atoms with Gasteiger partial charge in [-0.05, 0) is 30.2 Å². The second-order valence-corrected chi connectivity index (χ2v) is 4.27. The molecule has 5 heteroatoms. The zero-order valence-corrected chi connectivity index (χ0v) is 10.7. The van der Waals surface area contributed by atoms with Gasteiger partial charge < -0.3 is 9.84 Å². The Kier molecular flexibility index (Phi) is 3.52. The molecule has 2 aromatic heterocycles. The third-order valence-electron chi connectivity index (χ3n) is 2.85. The molecule has 0 aliphatic carbocycles. The van der Waals surface area contributed by atoms with Crippen LogP contribution < -0.4 is 4.74 Å². The van der Waals surface area contributed by atoms with E-state index in [0.717, 1.165) is 11.1 Å². The van der Waals surface area contributed by atoms with Crippen molar-refractivity contribution < 1.29 is 9.84 Å². The first-order valence-electron chi connectivity index (χ1n) is 6.30. The predicted octanol–water partition coefficient (Wildman–Crippen LogP) is 2.35. The van der Waals surface area contributed by atoms with Crippen LogP contribution in [0.1, 0.15) is 5.56 Å². The van der Waals surface area contributed by atoms with Crippen LogP contribution in [-0.2, 0) is 6.42 Å². The molecule has 0 unspecified atom stereocenters. The molecular weight excluding hydrogens is 254 g/mol. The van der Waals surface area contributed by atoms with Crippen molar-refractivity contribution in [3.8, 4) is 11.6 Å². The average molecular weight is 267 g/mol. The molecule has 0 aliphatic heterocycles. The summed E-state index contributed by atoms with van der Waals surface area (Å²) in [6, 6.07) is 11.1. The van der Waals surface area contributed by atoms with E-state index in [-0.39, 0.29) is 6.61 Å². The lowest BCUT2D eigenvalue weighted by atomic mass is 10.1. The lowest BCUT2D eigenvalue weighted by Gasteiger charge is -2.06. The minimum atomic E-state index is 0.144.